The average Bonchev–Trinajstić information content (AvgIpc) is 3.22. The minimum atomic E-state index is -0.113. The van der Waals surface area contributed by atoms with Gasteiger partial charge in [0.25, 0.3) is 5.91 Å². The highest BCUT2D eigenvalue weighted by Gasteiger charge is 2.18. The van der Waals surface area contributed by atoms with Crippen molar-refractivity contribution in [1.29, 1.82) is 0 Å². The van der Waals surface area contributed by atoms with Crippen LogP contribution in [0.3, 0.4) is 0 Å². The molecule has 1 atom stereocenters. The number of rotatable bonds is 7. The van der Waals surface area contributed by atoms with E-state index in [9.17, 15) is 4.79 Å². The summed E-state index contributed by atoms with van der Waals surface area (Å²) >= 11 is 1.64. The zero-order valence-electron chi connectivity index (χ0n) is 16.6. The third kappa shape index (κ3) is 4.58. The van der Waals surface area contributed by atoms with Crippen molar-refractivity contribution in [1.82, 2.24) is 15.2 Å². The van der Waals surface area contributed by atoms with Gasteiger partial charge in [-0.3, -0.25) is 9.78 Å². The van der Waals surface area contributed by atoms with Gasteiger partial charge >= 0.3 is 0 Å². The predicted octanol–water partition coefficient (Wildman–Crippen LogP) is 4.16. The molecule has 0 saturated heterocycles. The van der Waals surface area contributed by atoms with Gasteiger partial charge in [0.15, 0.2) is 0 Å². The van der Waals surface area contributed by atoms with Crippen LogP contribution in [0, 0.1) is 6.92 Å². The molecule has 146 valence electrons. The Balaban J connectivity index is 1.72. The summed E-state index contributed by atoms with van der Waals surface area (Å²) in [5, 5.41) is 5.07. The summed E-state index contributed by atoms with van der Waals surface area (Å²) in [5.74, 6) is 0.692. The number of hydrogen-bond donors (Lipinski definition) is 1. The van der Waals surface area contributed by atoms with Crippen molar-refractivity contribution in [3.63, 3.8) is 0 Å². The Hall–Kier alpha value is -2.70. The summed E-state index contributed by atoms with van der Waals surface area (Å²) < 4.78 is 5.32. The second-order valence-electron chi connectivity index (χ2n) is 6.77. The lowest BCUT2D eigenvalue weighted by molar-refractivity contribution is 0.0941. The predicted molar refractivity (Wildman–Crippen MR) is 114 cm³/mol. The van der Waals surface area contributed by atoms with Crippen LogP contribution >= 0.6 is 11.3 Å². The van der Waals surface area contributed by atoms with Gasteiger partial charge in [0.2, 0.25) is 0 Å². The number of amides is 1. The van der Waals surface area contributed by atoms with Crippen molar-refractivity contribution in [2.24, 2.45) is 0 Å². The fourth-order valence-corrected chi connectivity index (χ4v) is 3.79. The van der Waals surface area contributed by atoms with Crippen LogP contribution in [0.4, 0.5) is 0 Å². The van der Waals surface area contributed by atoms with Crippen molar-refractivity contribution in [2.75, 3.05) is 27.7 Å². The first kappa shape index (κ1) is 20.0. The lowest BCUT2D eigenvalue weighted by Gasteiger charge is -2.25. The van der Waals surface area contributed by atoms with Crippen LogP contribution in [0.25, 0.3) is 10.6 Å². The highest BCUT2D eigenvalue weighted by Crippen LogP contribution is 2.24. The SMILES string of the molecule is COc1cccc(C(CNC(=O)c2ccc(-c3cccs3)nc2C)N(C)C)c1. The number of carbonyl (C=O) groups is 1. The number of likely N-dealkylation sites (N-methyl/N-ethyl adjacent to an activating group) is 1. The van der Waals surface area contributed by atoms with E-state index in [1.54, 1.807) is 18.4 Å². The number of hydrogen-bond acceptors (Lipinski definition) is 5. The molecule has 0 aliphatic heterocycles. The van der Waals surface area contributed by atoms with E-state index in [0.717, 1.165) is 27.6 Å². The summed E-state index contributed by atoms with van der Waals surface area (Å²) in [4.78, 5) is 20.5. The van der Waals surface area contributed by atoms with Gasteiger partial charge in [-0.1, -0.05) is 18.2 Å². The number of nitrogens with one attached hydrogen (secondary N) is 1. The zero-order chi connectivity index (χ0) is 20.1. The van der Waals surface area contributed by atoms with Gasteiger partial charge in [0.05, 0.1) is 35.0 Å². The molecule has 0 spiro atoms. The molecule has 3 rings (SSSR count). The first-order chi connectivity index (χ1) is 13.5. The molecule has 3 aromatic rings. The van der Waals surface area contributed by atoms with Crippen LogP contribution < -0.4 is 10.1 Å². The lowest BCUT2D eigenvalue weighted by atomic mass is 10.1. The van der Waals surface area contributed by atoms with Gasteiger partial charge in [-0.25, -0.2) is 0 Å². The molecule has 2 heterocycles. The van der Waals surface area contributed by atoms with Crippen molar-refractivity contribution in [3.8, 4) is 16.3 Å². The number of methoxy groups -OCH3 is 1. The Morgan fingerprint density at radius 1 is 1.21 bits per heavy atom. The van der Waals surface area contributed by atoms with E-state index in [4.69, 9.17) is 4.74 Å². The first-order valence-corrected chi connectivity index (χ1v) is 9.97. The fourth-order valence-electron chi connectivity index (χ4n) is 3.09. The average molecular weight is 396 g/mol. The number of pyridine rings is 1. The molecule has 1 aromatic carbocycles. The molecule has 5 nitrogen and oxygen atoms in total. The molecule has 6 heteroatoms. The van der Waals surface area contributed by atoms with Crippen molar-refractivity contribution in [2.45, 2.75) is 13.0 Å². The summed E-state index contributed by atoms with van der Waals surface area (Å²) in [7, 11) is 5.65. The smallest absolute Gasteiger partial charge is 0.253 e. The standard InChI is InChI=1S/C22H25N3O2S/c1-15-18(10-11-19(24-15)21-9-6-12-28-21)22(26)23-14-20(25(2)3)16-7-5-8-17(13-16)27-4/h5-13,20H,14H2,1-4H3,(H,23,26). The van der Waals surface area contributed by atoms with Crippen LogP contribution in [-0.4, -0.2) is 43.5 Å². The van der Waals surface area contributed by atoms with Crippen molar-refractivity contribution in [3.05, 3.63) is 70.7 Å². The van der Waals surface area contributed by atoms with Gasteiger partial charge in [-0.15, -0.1) is 11.3 Å². The summed E-state index contributed by atoms with van der Waals surface area (Å²) in [5.41, 5.74) is 3.31. The molecular formula is C22H25N3O2S. The highest BCUT2D eigenvalue weighted by molar-refractivity contribution is 7.13. The van der Waals surface area contributed by atoms with Crippen molar-refractivity contribution >= 4 is 17.2 Å². The maximum absolute atomic E-state index is 12.8. The van der Waals surface area contributed by atoms with E-state index < -0.39 is 0 Å². The largest absolute Gasteiger partial charge is 0.497 e. The van der Waals surface area contributed by atoms with E-state index >= 15 is 0 Å². The number of carbonyl (C=O) groups excluding carboxylic acids is 1. The van der Waals surface area contributed by atoms with E-state index in [2.05, 4.69) is 15.2 Å². The van der Waals surface area contributed by atoms with E-state index in [1.807, 2.05) is 74.9 Å². The molecule has 0 fully saturated rings. The Bertz CT molecular complexity index is 939. The number of ether oxygens (including phenoxy) is 1. The fraction of sp³-hybridized carbons (Fsp3) is 0.273. The number of aromatic nitrogens is 1. The molecule has 0 aliphatic rings. The quantitative estimate of drug-likeness (QED) is 0.653. The van der Waals surface area contributed by atoms with Crippen LogP contribution in [0.5, 0.6) is 5.75 Å². The van der Waals surface area contributed by atoms with E-state index in [-0.39, 0.29) is 11.9 Å². The molecule has 1 N–H and O–H groups in total. The second-order valence-corrected chi connectivity index (χ2v) is 7.72. The van der Waals surface area contributed by atoms with Gasteiger partial charge in [-0.05, 0) is 62.3 Å². The Labute approximate surface area is 170 Å². The van der Waals surface area contributed by atoms with Gasteiger partial charge in [0.1, 0.15) is 5.75 Å². The first-order valence-electron chi connectivity index (χ1n) is 9.09. The molecule has 0 aliphatic carbocycles. The Morgan fingerprint density at radius 2 is 2.04 bits per heavy atom. The number of aryl methyl sites for hydroxylation is 1. The third-order valence-corrected chi connectivity index (χ3v) is 5.55. The number of nitrogens with zero attached hydrogens (tertiary/aromatic N) is 2. The third-order valence-electron chi connectivity index (χ3n) is 4.66. The molecule has 1 amide bonds. The maximum Gasteiger partial charge on any atom is 0.253 e. The zero-order valence-corrected chi connectivity index (χ0v) is 17.4. The van der Waals surface area contributed by atoms with Crippen LogP contribution in [0.15, 0.2) is 53.9 Å². The molecule has 0 saturated carbocycles. The van der Waals surface area contributed by atoms with Crippen LogP contribution in [-0.2, 0) is 0 Å². The molecule has 2 aromatic heterocycles. The second kappa shape index (κ2) is 8.99. The molecule has 1 unspecified atom stereocenters. The van der Waals surface area contributed by atoms with E-state index in [0.29, 0.717) is 12.1 Å². The molecule has 0 radical (unpaired) electrons. The topological polar surface area (TPSA) is 54.5 Å². The Morgan fingerprint density at radius 3 is 2.68 bits per heavy atom. The summed E-state index contributed by atoms with van der Waals surface area (Å²) in [6.07, 6.45) is 0. The maximum atomic E-state index is 12.8. The van der Waals surface area contributed by atoms with Crippen molar-refractivity contribution < 1.29 is 9.53 Å². The van der Waals surface area contributed by atoms with Gasteiger partial charge in [-0.2, -0.15) is 0 Å². The Kier molecular flexibility index (Phi) is 6.44. The summed E-state index contributed by atoms with van der Waals surface area (Å²) in [6.45, 7) is 2.36. The summed E-state index contributed by atoms with van der Waals surface area (Å²) in [6, 6.07) is 15.7. The normalized spacial score (nSPS) is 12.0. The van der Waals surface area contributed by atoms with Gasteiger partial charge < -0.3 is 15.0 Å². The van der Waals surface area contributed by atoms with E-state index in [1.165, 1.54) is 0 Å². The molecule has 0 bridgehead atoms. The highest BCUT2D eigenvalue weighted by atomic mass is 32.1. The number of thiophene rings is 1. The van der Waals surface area contributed by atoms with Crippen LogP contribution in [0.1, 0.15) is 27.7 Å². The minimum absolute atomic E-state index is 0.0395. The minimum Gasteiger partial charge on any atom is -0.497 e. The number of benzene rings is 1. The van der Waals surface area contributed by atoms with Gasteiger partial charge in [0, 0.05) is 6.54 Å². The molecular weight excluding hydrogens is 370 g/mol. The lowest BCUT2D eigenvalue weighted by Crippen LogP contribution is -2.35. The van der Waals surface area contributed by atoms with Crippen LogP contribution in [0.2, 0.25) is 0 Å². The monoisotopic (exact) mass is 395 g/mol. The molecule has 28 heavy (non-hydrogen) atoms.